The second kappa shape index (κ2) is 10.6. The third-order valence-corrected chi connectivity index (χ3v) is 4.78. The molecule has 1 saturated heterocycles. The number of hydrogen-bond acceptors (Lipinski definition) is 6. The van der Waals surface area contributed by atoms with E-state index < -0.39 is 4.92 Å². The topological polar surface area (TPSA) is 106 Å². The quantitative estimate of drug-likeness (QED) is 0.193. The zero-order valence-electron chi connectivity index (χ0n) is 15.9. The second-order valence-corrected chi connectivity index (χ2v) is 7.01. The highest BCUT2D eigenvalue weighted by molar-refractivity contribution is 7.80. The maximum Gasteiger partial charge on any atom is 0.269 e. The lowest BCUT2D eigenvalue weighted by Gasteiger charge is -2.23. The summed E-state index contributed by atoms with van der Waals surface area (Å²) in [6.45, 7) is 5.71. The summed E-state index contributed by atoms with van der Waals surface area (Å²) >= 11 is 5.21. The smallest absolute Gasteiger partial charge is 0.269 e. The Morgan fingerprint density at radius 1 is 1.24 bits per heavy atom. The summed E-state index contributed by atoms with van der Waals surface area (Å²) in [6, 6.07) is 9.73. The lowest BCUT2D eigenvalue weighted by molar-refractivity contribution is -0.908. The molecule has 1 aromatic heterocycles. The summed E-state index contributed by atoms with van der Waals surface area (Å²) in [6.07, 6.45) is 2.55. The number of nitro groups is 1. The molecule has 1 aromatic carbocycles. The number of hydrazone groups is 1. The van der Waals surface area contributed by atoms with Crippen LogP contribution in [0.5, 0.6) is 0 Å². The number of nitrogens with one attached hydrogen (secondary N) is 3. The zero-order valence-corrected chi connectivity index (χ0v) is 16.7. The first-order valence-electron chi connectivity index (χ1n) is 9.45. The van der Waals surface area contributed by atoms with Gasteiger partial charge in [0.15, 0.2) is 5.11 Å². The van der Waals surface area contributed by atoms with Crippen LogP contribution >= 0.6 is 12.2 Å². The van der Waals surface area contributed by atoms with Crippen molar-refractivity contribution in [2.24, 2.45) is 5.10 Å². The first-order valence-corrected chi connectivity index (χ1v) is 9.85. The van der Waals surface area contributed by atoms with E-state index in [1.165, 1.54) is 18.3 Å². The van der Waals surface area contributed by atoms with Gasteiger partial charge in [0.25, 0.3) is 5.69 Å². The van der Waals surface area contributed by atoms with Gasteiger partial charge >= 0.3 is 0 Å². The molecular weight excluding hydrogens is 394 g/mol. The Bertz CT molecular complexity index is 847. The number of benzene rings is 1. The van der Waals surface area contributed by atoms with Gasteiger partial charge in [-0.15, -0.1) is 0 Å². The van der Waals surface area contributed by atoms with Gasteiger partial charge < -0.3 is 19.4 Å². The van der Waals surface area contributed by atoms with Crippen molar-refractivity contribution in [3.05, 3.63) is 52.3 Å². The van der Waals surface area contributed by atoms with E-state index in [0.29, 0.717) is 16.6 Å². The maximum atomic E-state index is 10.7. The average Bonchev–Trinajstić information content (AvgIpc) is 3.21. The van der Waals surface area contributed by atoms with E-state index >= 15 is 0 Å². The van der Waals surface area contributed by atoms with Gasteiger partial charge in [0, 0.05) is 30.7 Å². The van der Waals surface area contributed by atoms with Crippen LogP contribution in [0.1, 0.15) is 12.2 Å². The Morgan fingerprint density at radius 2 is 2.00 bits per heavy atom. The molecule has 0 amide bonds. The second-order valence-electron chi connectivity index (χ2n) is 6.60. The van der Waals surface area contributed by atoms with Crippen molar-refractivity contribution in [2.75, 3.05) is 39.4 Å². The molecule has 0 unspecified atom stereocenters. The largest absolute Gasteiger partial charge is 0.455 e. The number of nitro benzene ring substituents is 1. The Kier molecular flexibility index (Phi) is 7.68. The molecule has 1 aliphatic heterocycles. The summed E-state index contributed by atoms with van der Waals surface area (Å²) in [5.74, 6) is 1.15. The van der Waals surface area contributed by atoms with Crippen molar-refractivity contribution in [3.8, 4) is 11.3 Å². The van der Waals surface area contributed by atoms with E-state index in [2.05, 4.69) is 15.8 Å². The van der Waals surface area contributed by atoms with Crippen LogP contribution in [0, 0.1) is 10.1 Å². The zero-order chi connectivity index (χ0) is 20.5. The lowest BCUT2D eigenvalue weighted by Crippen LogP contribution is -3.14. The van der Waals surface area contributed by atoms with E-state index in [4.69, 9.17) is 21.4 Å². The number of hydrogen-bond donors (Lipinski definition) is 3. The molecule has 0 atom stereocenters. The van der Waals surface area contributed by atoms with E-state index in [1.54, 1.807) is 29.2 Å². The fourth-order valence-corrected chi connectivity index (χ4v) is 3.12. The molecule has 2 aromatic rings. The Morgan fingerprint density at radius 3 is 2.72 bits per heavy atom. The molecule has 1 fully saturated rings. The van der Waals surface area contributed by atoms with Crippen LogP contribution in [0.3, 0.4) is 0 Å². The predicted molar refractivity (Wildman–Crippen MR) is 113 cm³/mol. The molecule has 154 valence electrons. The van der Waals surface area contributed by atoms with E-state index in [0.717, 1.165) is 51.4 Å². The Hall–Kier alpha value is -2.82. The van der Waals surface area contributed by atoms with Gasteiger partial charge in [-0.1, -0.05) is 0 Å². The van der Waals surface area contributed by atoms with Crippen molar-refractivity contribution in [1.82, 2.24) is 10.7 Å². The summed E-state index contributed by atoms with van der Waals surface area (Å²) in [5.41, 5.74) is 3.56. The van der Waals surface area contributed by atoms with Gasteiger partial charge in [0.1, 0.15) is 24.6 Å². The molecule has 3 N–H and O–H groups in total. The highest BCUT2D eigenvalue weighted by atomic mass is 32.1. The minimum Gasteiger partial charge on any atom is -0.455 e. The van der Waals surface area contributed by atoms with E-state index in [1.807, 2.05) is 0 Å². The molecular formula is C19H24N5O4S+. The third-order valence-electron chi connectivity index (χ3n) is 4.54. The molecule has 0 saturated carbocycles. The minimum absolute atomic E-state index is 0.0404. The van der Waals surface area contributed by atoms with Gasteiger partial charge in [-0.05, 0) is 36.5 Å². The monoisotopic (exact) mass is 418 g/mol. The van der Waals surface area contributed by atoms with Crippen molar-refractivity contribution in [1.29, 1.82) is 0 Å². The van der Waals surface area contributed by atoms with Crippen LogP contribution in [0.15, 0.2) is 45.9 Å². The fourth-order valence-electron chi connectivity index (χ4n) is 2.97. The van der Waals surface area contributed by atoms with Crippen molar-refractivity contribution in [2.45, 2.75) is 6.42 Å². The summed E-state index contributed by atoms with van der Waals surface area (Å²) in [7, 11) is 0. The molecule has 10 heteroatoms. The molecule has 29 heavy (non-hydrogen) atoms. The number of morpholine rings is 1. The molecule has 0 spiro atoms. The Labute approximate surface area is 173 Å². The predicted octanol–water partition coefficient (Wildman–Crippen LogP) is 0.958. The molecule has 3 rings (SSSR count). The highest BCUT2D eigenvalue weighted by Gasteiger charge is 2.12. The molecule has 0 aliphatic carbocycles. The van der Waals surface area contributed by atoms with Gasteiger partial charge in [-0.3, -0.25) is 15.5 Å². The van der Waals surface area contributed by atoms with Crippen LogP contribution in [0.4, 0.5) is 5.69 Å². The van der Waals surface area contributed by atoms with Crippen LogP contribution in [-0.2, 0) is 4.74 Å². The average molecular weight is 418 g/mol. The van der Waals surface area contributed by atoms with E-state index in [-0.39, 0.29) is 5.69 Å². The van der Waals surface area contributed by atoms with Gasteiger partial charge in [-0.25, -0.2) is 0 Å². The number of nitrogens with zero attached hydrogens (tertiary/aromatic N) is 2. The van der Waals surface area contributed by atoms with E-state index in [9.17, 15) is 10.1 Å². The Balaban J connectivity index is 1.38. The highest BCUT2D eigenvalue weighted by Crippen LogP contribution is 2.23. The number of non-ortho nitro benzene ring substituents is 1. The van der Waals surface area contributed by atoms with Crippen LogP contribution in [0.2, 0.25) is 0 Å². The van der Waals surface area contributed by atoms with Crippen LogP contribution in [0.25, 0.3) is 11.3 Å². The number of rotatable bonds is 8. The SMILES string of the molecule is O=[N+]([O-])c1ccc(-c2ccc(/C=N\NC(=S)NCCC[NH+]3CCOCC3)o2)cc1. The molecule has 1 aliphatic rings. The van der Waals surface area contributed by atoms with Crippen LogP contribution in [-0.4, -0.2) is 55.6 Å². The fraction of sp³-hybridized carbons (Fsp3) is 0.368. The van der Waals surface area contributed by atoms with Gasteiger partial charge in [0.2, 0.25) is 0 Å². The van der Waals surface area contributed by atoms with Crippen molar-refractivity contribution in [3.63, 3.8) is 0 Å². The first-order chi connectivity index (χ1) is 14.1. The summed E-state index contributed by atoms with van der Waals surface area (Å²) in [4.78, 5) is 11.9. The number of quaternary nitrogens is 1. The van der Waals surface area contributed by atoms with Gasteiger partial charge in [0.05, 0.1) is 30.9 Å². The van der Waals surface area contributed by atoms with Gasteiger partial charge in [-0.2, -0.15) is 5.10 Å². The maximum absolute atomic E-state index is 10.7. The molecule has 9 nitrogen and oxygen atoms in total. The minimum atomic E-state index is -0.434. The number of thiocarbonyl (C=S) groups is 1. The summed E-state index contributed by atoms with van der Waals surface area (Å²) < 4.78 is 11.0. The molecule has 0 radical (unpaired) electrons. The molecule has 2 heterocycles. The standard InChI is InChI=1S/C19H23N5O4S/c25-24(26)16-4-2-15(3-5-16)18-7-6-17(28-18)14-21-22-19(29)20-8-1-9-23-10-12-27-13-11-23/h2-7,14H,1,8-13H2,(H2,20,22,29)/p+1/b21-14-. The third kappa shape index (κ3) is 6.63. The number of ether oxygens (including phenoxy) is 1. The van der Waals surface area contributed by atoms with Crippen molar-refractivity contribution < 1.29 is 19.0 Å². The normalized spacial score (nSPS) is 14.8. The van der Waals surface area contributed by atoms with Crippen molar-refractivity contribution >= 4 is 29.2 Å². The van der Waals surface area contributed by atoms with Crippen LogP contribution < -0.4 is 15.6 Å². The first kappa shape index (κ1) is 20.9. The lowest BCUT2D eigenvalue weighted by atomic mass is 10.1. The number of furan rings is 1. The molecule has 0 bridgehead atoms. The summed E-state index contributed by atoms with van der Waals surface area (Å²) in [5, 5.41) is 18.4.